The van der Waals surface area contributed by atoms with Gasteiger partial charge in [-0.25, -0.2) is 0 Å². The van der Waals surface area contributed by atoms with Gasteiger partial charge in [0.25, 0.3) is 0 Å². The van der Waals surface area contributed by atoms with Gasteiger partial charge in [-0.05, 0) is 75.3 Å². The molecule has 7 amide bonds. The van der Waals surface area contributed by atoms with Crippen LogP contribution in [-0.4, -0.2) is 107 Å². The van der Waals surface area contributed by atoms with Crippen LogP contribution in [0.1, 0.15) is 81.9 Å². The van der Waals surface area contributed by atoms with Crippen molar-refractivity contribution < 1.29 is 38.7 Å². The fourth-order valence-corrected chi connectivity index (χ4v) is 7.84. The lowest BCUT2D eigenvalue weighted by Crippen LogP contribution is -2.61. The number of unbranched alkanes of at least 4 members (excludes halogenated alkanes) is 1. The molecular weight excluding hydrogens is 843 g/mol. The van der Waals surface area contributed by atoms with Gasteiger partial charge >= 0.3 is 0 Å². The summed E-state index contributed by atoms with van der Waals surface area (Å²) in [4.78, 5) is 100. The Labute approximate surface area is 385 Å². The Morgan fingerprint density at radius 2 is 1.15 bits per heavy atom. The zero-order valence-electron chi connectivity index (χ0n) is 37.8. The fourth-order valence-electron chi connectivity index (χ4n) is 7.84. The molecule has 1 saturated heterocycles. The van der Waals surface area contributed by atoms with Crippen LogP contribution in [0.2, 0.25) is 0 Å². The first-order chi connectivity index (χ1) is 31.8. The second-order valence-corrected chi connectivity index (χ2v) is 16.9. The highest BCUT2D eigenvalue weighted by molar-refractivity contribution is 5.97. The number of hydrogen-bond donors (Lipinski definition) is 10. The molecule has 17 heteroatoms. The van der Waals surface area contributed by atoms with Gasteiger partial charge in [0.2, 0.25) is 41.4 Å². The summed E-state index contributed by atoms with van der Waals surface area (Å²) < 4.78 is 0. The molecule has 1 fully saturated rings. The first-order valence-electron chi connectivity index (χ1n) is 22.9. The van der Waals surface area contributed by atoms with Crippen molar-refractivity contribution in [2.75, 3.05) is 13.1 Å². The van der Waals surface area contributed by atoms with E-state index < -0.39 is 77.8 Å². The van der Waals surface area contributed by atoms with Crippen molar-refractivity contribution in [3.8, 4) is 0 Å². The lowest BCUT2D eigenvalue weighted by Gasteiger charge is -2.28. The Hall–Kier alpha value is -6.59. The van der Waals surface area contributed by atoms with Gasteiger partial charge in [0.05, 0.1) is 6.10 Å². The number of hydrogen-bond acceptors (Lipinski definition) is 9. The third kappa shape index (κ3) is 15.5. The predicted molar refractivity (Wildman–Crippen MR) is 250 cm³/mol. The summed E-state index contributed by atoms with van der Waals surface area (Å²) in [7, 11) is 0. The van der Waals surface area contributed by atoms with Crippen molar-refractivity contribution in [2.24, 2.45) is 5.73 Å². The second kappa shape index (κ2) is 25.8. The van der Waals surface area contributed by atoms with E-state index in [2.05, 4.69) is 42.2 Å². The number of carbonyl (C=O) groups is 7. The molecule has 11 N–H and O–H groups in total. The Morgan fingerprint density at radius 1 is 0.591 bits per heavy atom. The van der Waals surface area contributed by atoms with Crippen LogP contribution in [0.5, 0.6) is 0 Å². The van der Waals surface area contributed by atoms with Gasteiger partial charge in [0.15, 0.2) is 0 Å². The first-order valence-corrected chi connectivity index (χ1v) is 22.9. The molecule has 1 aliphatic heterocycles. The van der Waals surface area contributed by atoms with Crippen LogP contribution in [-0.2, 0) is 52.8 Å². The predicted octanol–water partition coefficient (Wildman–Crippen LogP) is 1.71. The number of carbonyl (C=O) groups excluding carboxylic acids is 7. The quantitative estimate of drug-likeness (QED) is 0.0982. The van der Waals surface area contributed by atoms with E-state index in [0.29, 0.717) is 57.2 Å². The molecule has 66 heavy (non-hydrogen) atoms. The maximum atomic E-state index is 14.4. The molecule has 3 aromatic carbocycles. The maximum absolute atomic E-state index is 14.4. The summed E-state index contributed by atoms with van der Waals surface area (Å²) in [6, 6.07) is 18.4. The zero-order chi connectivity index (χ0) is 47.4. The molecule has 4 aromatic rings. The number of aliphatic hydroxyl groups is 1. The number of nitrogens with two attached hydrogens (primary N) is 1. The number of fused-ring (bicyclic) bond motifs is 1. The highest BCUT2D eigenvalue weighted by Gasteiger charge is 2.34. The Morgan fingerprint density at radius 3 is 1.82 bits per heavy atom. The minimum atomic E-state index is -1.52. The van der Waals surface area contributed by atoms with Crippen LogP contribution in [0.25, 0.3) is 10.9 Å². The molecule has 0 unspecified atom stereocenters. The molecule has 1 aliphatic rings. The smallest absolute Gasteiger partial charge is 0.245 e. The second-order valence-electron chi connectivity index (χ2n) is 16.9. The zero-order valence-corrected chi connectivity index (χ0v) is 37.8. The van der Waals surface area contributed by atoms with Crippen molar-refractivity contribution in [1.82, 2.24) is 42.2 Å². The minimum Gasteiger partial charge on any atom is -0.391 e. The van der Waals surface area contributed by atoms with E-state index in [0.717, 1.165) is 22.0 Å². The normalized spacial score (nSPS) is 23.3. The van der Waals surface area contributed by atoms with Crippen LogP contribution in [0.3, 0.4) is 0 Å². The van der Waals surface area contributed by atoms with Gasteiger partial charge in [-0.1, -0.05) is 91.7 Å². The van der Waals surface area contributed by atoms with Crippen LogP contribution >= 0.6 is 0 Å². The number of aromatic nitrogens is 1. The summed E-state index contributed by atoms with van der Waals surface area (Å²) in [5, 5.41) is 31.0. The molecule has 0 spiro atoms. The topological polar surface area (TPSA) is 266 Å². The van der Waals surface area contributed by atoms with Crippen LogP contribution < -0.4 is 43.0 Å². The van der Waals surface area contributed by atoms with E-state index in [1.807, 2.05) is 84.9 Å². The highest BCUT2D eigenvalue weighted by atomic mass is 16.3. The number of benzene rings is 3. The number of aliphatic hydroxyl groups excluding tert-OH is 1. The van der Waals surface area contributed by atoms with Crippen molar-refractivity contribution in [3.63, 3.8) is 0 Å². The Kier molecular flexibility index (Phi) is 19.7. The summed E-state index contributed by atoms with van der Waals surface area (Å²) in [5.41, 5.74) is 8.84. The monoisotopic (exact) mass is 907 g/mol. The molecule has 354 valence electrons. The molecule has 5 rings (SSSR count). The minimum absolute atomic E-state index is 0.0182. The van der Waals surface area contributed by atoms with Gasteiger partial charge < -0.3 is 53.0 Å². The molecule has 0 saturated carbocycles. The molecule has 0 radical (unpaired) electrons. The first kappa shape index (κ1) is 50.4. The molecule has 1 aromatic heterocycles. The van der Waals surface area contributed by atoms with Crippen molar-refractivity contribution in [3.05, 3.63) is 108 Å². The summed E-state index contributed by atoms with van der Waals surface area (Å²) >= 11 is 0. The molecule has 2 heterocycles. The van der Waals surface area contributed by atoms with Gasteiger partial charge in [-0.3, -0.25) is 33.6 Å². The van der Waals surface area contributed by atoms with E-state index in [4.69, 9.17) is 5.73 Å². The molecule has 7 atom stereocenters. The fraction of sp³-hybridized carbons (Fsp3) is 0.449. The SMILES string of the molecule is C[C@@H]1NC(=O)[C@H](Cc2ccccc2)NC(=O)CCCCCCNC(=O)[C@H](Cc2ccccc2)NC(=O)[C@H]([C@@H](C)O)NC(=O)[C@H](CCCCN)NC(=O)[C@@H](Cc2c[nH]c3ccccc23)NC1=O. The van der Waals surface area contributed by atoms with Crippen LogP contribution in [0.4, 0.5) is 0 Å². The van der Waals surface area contributed by atoms with E-state index in [-0.39, 0.29) is 38.0 Å². The van der Waals surface area contributed by atoms with E-state index in [1.165, 1.54) is 13.8 Å². The standard InChI is InChI=1S/C49H65N9O8/c1-31-44(61)56-41(29-35-30-52-37-22-13-12-21-36(35)37)48(65)55-38(23-14-15-25-50)46(63)58-43(32(2)59)49(66)57-39(27-33-17-7-5-8-18-33)45(62)51-26-16-4-3-11-24-42(60)54-40(47(64)53-31)28-34-19-9-6-10-20-34/h5-10,12-13,17-22,30-32,38-41,43,52,59H,3-4,11,14-16,23-29,50H2,1-2H3,(H,51,62)(H,53,64)(H,54,60)(H,55,65)(H,56,61)(H,57,66)(H,58,63)/t31-,32+,38-,39-,40-,41+,43-/m0/s1. The average molecular weight is 908 g/mol. The van der Waals surface area contributed by atoms with E-state index in [1.54, 1.807) is 6.20 Å². The van der Waals surface area contributed by atoms with Gasteiger partial charge in [-0.2, -0.15) is 0 Å². The Balaban J connectivity index is 1.45. The number of para-hydroxylation sites is 1. The molecule has 0 bridgehead atoms. The van der Waals surface area contributed by atoms with Gasteiger partial charge in [0, 0.05) is 49.3 Å². The molecule has 0 aliphatic carbocycles. The van der Waals surface area contributed by atoms with Crippen molar-refractivity contribution in [1.29, 1.82) is 0 Å². The lowest BCUT2D eigenvalue weighted by atomic mass is 10.0. The summed E-state index contributed by atoms with van der Waals surface area (Å²) in [6.07, 6.45) is 4.18. The summed E-state index contributed by atoms with van der Waals surface area (Å²) in [5.74, 6) is -4.41. The van der Waals surface area contributed by atoms with Gasteiger partial charge in [0.1, 0.15) is 36.3 Å². The van der Waals surface area contributed by atoms with Crippen molar-refractivity contribution >= 4 is 52.3 Å². The Bertz CT molecular complexity index is 2240. The summed E-state index contributed by atoms with van der Waals surface area (Å²) in [6.45, 7) is 3.41. The van der Waals surface area contributed by atoms with Crippen molar-refractivity contribution in [2.45, 2.75) is 127 Å². The van der Waals surface area contributed by atoms with Crippen LogP contribution in [0, 0.1) is 0 Å². The molecular formula is C49H65N9O8. The highest BCUT2D eigenvalue weighted by Crippen LogP contribution is 2.20. The number of aromatic amines is 1. The number of H-pyrrole nitrogens is 1. The molecule has 17 nitrogen and oxygen atoms in total. The third-order valence-electron chi connectivity index (χ3n) is 11.6. The lowest BCUT2D eigenvalue weighted by molar-refractivity contribution is -0.136. The third-order valence-corrected chi connectivity index (χ3v) is 11.6. The van der Waals surface area contributed by atoms with Gasteiger partial charge in [-0.15, -0.1) is 0 Å². The van der Waals surface area contributed by atoms with E-state index >= 15 is 0 Å². The number of rotatable bonds is 11. The maximum Gasteiger partial charge on any atom is 0.245 e. The van der Waals surface area contributed by atoms with E-state index in [9.17, 15) is 38.7 Å². The van der Waals surface area contributed by atoms with Crippen LogP contribution in [0.15, 0.2) is 91.1 Å². The average Bonchev–Trinajstić information content (AvgIpc) is 3.71. The largest absolute Gasteiger partial charge is 0.391 e. The number of amides is 7. The number of nitrogens with one attached hydrogen (secondary N) is 8.